The fourth-order valence-electron chi connectivity index (χ4n) is 9.52. The van der Waals surface area contributed by atoms with Crippen LogP contribution in [0.1, 0.15) is 93.4 Å². The van der Waals surface area contributed by atoms with E-state index in [0.29, 0.717) is 11.8 Å². The third-order valence-corrected chi connectivity index (χ3v) is 12.2. The number of hydrogen-bond acceptors (Lipinski definition) is 4. The highest BCUT2D eigenvalue weighted by Gasteiger charge is 2.70. The quantitative estimate of drug-likeness (QED) is 0.310. The van der Waals surface area contributed by atoms with Gasteiger partial charge in [0.2, 0.25) is 0 Å². The van der Waals surface area contributed by atoms with Crippen LogP contribution in [0, 0.1) is 45.3 Å². The first-order valence-corrected chi connectivity index (χ1v) is 14.4. The lowest BCUT2D eigenvalue weighted by Gasteiger charge is -2.66. The maximum Gasteiger partial charge on any atom is 0.127 e. The Morgan fingerprint density at radius 3 is 2.39 bits per heavy atom. The molecule has 0 amide bonds. The Labute approximate surface area is 220 Å². The number of rotatable bonds is 7. The molecule has 0 bridgehead atoms. The molecule has 3 fully saturated rings. The van der Waals surface area contributed by atoms with Gasteiger partial charge in [-0.1, -0.05) is 58.4 Å². The molecule has 204 valence electrons. The smallest absolute Gasteiger partial charge is 0.127 e. The van der Waals surface area contributed by atoms with E-state index in [1.807, 2.05) is 7.11 Å². The second-order valence-electron chi connectivity index (χ2n) is 14.3. The molecule has 3 saturated carbocycles. The van der Waals surface area contributed by atoms with Gasteiger partial charge in [0.25, 0.3) is 0 Å². The largest absolute Gasteiger partial charge is 0.392 e. The normalized spacial score (nSPS) is 44.9. The molecule has 0 aromatic heterocycles. The summed E-state index contributed by atoms with van der Waals surface area (Å²) in [7, 11) is 3.58. The average Bonchev–Trinajstić information content (AvgIpc) is 3.11. The van der Waals surface area contributed by atoms with Gasteiger partial charge in [0.05, 0.1) is 17.8 Å². The van der Waals surface area contributed by atoms with Crippen LogP contribution in [0.3, 0.4) is 0 Å². The molecule has 1 N–H and O–H groups in total. The third kappa shape index (κ3) is 3.92. The fourth-order valence-corrected chi connectivity index (χ4v) is 9.52. The highest BCUT2D eigenvalue weighted by molar-refractivity contribution is 5.65. The van der Waals surface area contributed by atoms with E-state index in [-0.39, 0.29) is 45.9 Å². The molecular weight excluding hydrogens is 448 g/mol. The fraction of sp³-hybridized carbons (Fsp3) is 0.844. The van der Waals surface area contributed by atoms with Crippen molar-refractivity contribution in [1.29, 1.82) is 0 Å². The van der Waals surface area contributed by atoms with Crippen LogP contribution in [0.4, 0.5) is 0 Å². The van der Waals surface area contributed by atoms with Crippen LogP contribution in [0.15, 0.2) is 23.8 Å². The van der Waals surface area contributed by atoms with Gasteiger partial charge in [-0.15, -0.1) is 0 Å². The predicted molar refractivity (Wildman–Crippen MR) is 146 cm³/mol. The van der Waals surface area contributed by atoms with Crippen molar-refractivity contribution in [2.75, 3.05) is 14.2 Å². The van der Waals surface area contributed by atoms with Crippen molar-refractivity contribution in [3.05, 3.63) is 23.8 Å². The van der Waals surface area contributed by atoms with Crippen molar-refractivity contribution >= 4 is 6.29 Å². The summed E-state index contributed by atoms with van der Waals surface area (Å²) in [4.78, 5) is 13.3. The van der Waals surface area contributed by atoms with E-state index in [1.54, 1.807) is 7.11 Å². The Hall–Kier alpha value is -0.970. The summed E-state index contributed by atoms with van der Waals surface area (Å²) in [5.41, 5.74) is 0.497. The van der Waals surface area contributed by atoms with Gasteiger partial charge in [-0.05, 0) is 87.4 Å². The number of methoxy groups -OCH3 is 2. The molecular formula is C32H52O4. The zero-order valence-electron chi connectivity index (χ0n) is 24.4. The molecule has 36 heavy (non-hydrogen) atoms. The van der Waals surface area contributed by atoms with Crippen molar-refractivity contribution in [1.82, 2.24) is 0 Å². The van der Waals surface area contributed by atoms with Crippen LogP contribution in [0.25, 0.3) is 0 Å². The molecule has 0 unspecified atom stereocenters. The zero-order valence-corrected chi connectivity index (χ0v) is 24.4. The van der Waals surface area contributed by atoms with Gasteiger partial charge < -0.3 is 19.4 Å². The Kier molecular flexibility index (Phi) is 7.28. The van der Waals surface area contributed by atoms with Crippen LogP contribution in [-0.2, 0) is 14.3 Å². The Morgan fingerprint density at radius 1 is 1.08 bits per heavy atom. The van der Waals surface area contributed by atoms with Gasteiger partial charge in [0.15, 0.2) is 0 Å². The second-order valence-corrected chi connectivity index (χ2v) is 14.3. The van der Waals surface area contributed by atoms with Crippen molar-refractivity contribution in [2.45, 2.75) is 111 Å². The highest BCUT2D eigenvalue weighted by Crippen LogP contribution is 2.74. The summed E-state index contributed by atoms with van der Waals surface area (Å²) in [5.74, 6) is 1.58. The van der Waals surface area contributed by atoms with Crippen molar-refractivity contribution in [3.8, 4) is 0 Å². The van der Waals surface area contributed by atoms with Crippen LogP contribution in [-0.4, -0.2) is 43.4 Å². The molecule has 0 saturated heterocycles. The van der Waals surface area contributed by atoms with Crippen LogP contribution < -0.4 is 0 Å². The predicted octanol–water partition coefficient (Wildman–Crippen LogP) is 6.76. The van der Waals surface area contributed by atoms with E-state index in [1.165, 1.54) is 18.3 Å². The molecule has 0 aliphatic heterocycles. The van der Waals surface area contributed by atoms with E-state index in [2.05, 4.69) is 66.7 Å². The van der Waals surface area contributed by atoms with Gasteiger partial charge in [-0.2, -0.15) is 0 Å². The minimum Gasteiger partial charge on any atom is -0.392 e. The summed E-state index contributed by atoms with van der Waals surface area (Å²) < 4.78 is 11.8. The highest BCUT2D eigenvalue weighted by atomic mass is 16.5. The Bertz CT molecular complexity index is 902. The molecule has 0 spiro atoms. The van der Waals surface area contributed by atoms with Gasteiger partial charge in [-0.3, -0.25) is 0 Å². The number of ether oxygens (including phenoxy) is 2. The average molecular weight is 501 g/mol. The molecule has 4 aliphatic rings. The number of carbonyl (C=O) groups is 1. The standard InChI is InChI=1S/C32H52O4/c1-21(11-10-15-28(2,3)36-9)22-14-16-31(7)27-25(35-8)19-24-23(12-13-26(34)29(24,4)5)32(27,20-33)18-17-30(22,31)6/h10,15,19-23,25-27,34H,11-14,16-18H2,1-9H3/b15-10+/t21-,22-,23-,25+,26+,27+,30-,31+,32-/m1/s1. The molecule has 0 radical (unpaired) electrons. The molecule has 4 aliphatic carbocycles. The number of aliphatic hydroxyl groups excluding tert-OH is 1. The van der Waals surface area contributed by atoms with Crippen molar-refractivity contribution in [2.24, 2.45) is 45.3 Å². The molecule has 4 nitrogen and oxygen atoms in total. The molecule has 0 heterocycles. The summed E-state index contributed by atoms with van der Waals surface area (Å²) in [5, 5.41) is 10.9. The molecule has 0 aromatic rings. The van der Waals surface area contributed by atoms with E-state index in [0.717, 1.165) is 38.5 Å². The Balaban J connectivity index is 1.71. The second kappa shape index (κ2) is 9.35. The SMILES string of the molecule is CO[C@H]1C=C2[C@@H](CC[C@H](O)C2(C)C)[C@]2(C=O)CC[C@]3(C)[C@@H]([C@H](C)C/C=C/C(C)(C)OC)CC[C@@]3(C)[C@H]12. The lowest BCUT2D eigenvalue weighted by Crippen LogP contribution is -2.64. The third-order valence-electron chi connectivity index (χ3n) is 12.2. The summed E-state index contributed by atoms with van der Waals surface area (Å²) >= 11 is 0. The maximum absolute atomic E-state index is 13.3. The lowest BCUT2D eigenvalue weighted by molar-refractivity contribution is -0.186. The number of allylic oxidation sites excluding steroid dienone is 1. The van der Waals surface area contributed by atoms with Gasteiger partial charge >= 0.3 is 0 Å². The van der Waals surface area contributed by atoms with E-state index in [9.17, 15) is 9.90 Å². The first-order chi connectivity index (χ1) is 16.7. The summed E-state index contributed by atoms with van der Waals surface area (Å²) in [6, 6.07) is 0. The van der Waals surface area contributed by atoms with Crippen LogP contribution in [0.2, 0.25) is 0 Å². The number of fused-ring (bicyclic) bond motifs is 5. The number of aliphatic hydroxyl groups is 1. The van der Waals surface area contributed by atoms with Gasteiger partial charge in [0.1, 0.15) is 6.29 Å². The minimum absolute atomic E-state index is 0.0313. The summed E-state index contributed by atoms with van der Waals surface area (Å²) in [6.45, 7) is 15.9. The first kappa shape index (κ1) is 28.0. The van der Waals surface area contributed by atoms with Crippen LogP contribution >= 0.6 is 0 Å². The van der Waals surface area contributed by atoms with E-state index in [4.69, 9.17) is 9.47 Å². The summed E-state index contributed by atoms with van der Waals surface area (Å²) in [6.07, 6.45) is 14.8. The van der Waals surface area contributed by atoms with Crippen molar-refractivity contribution < 1.29 is 19.4 Å². The molecule has 4 heteroatoms. The number of aldehydes is 1. The Morgan fingerprint density at radius 2 is 1.78 bits per heavy atom. The molecule has 4 rings (SSSR count). The van der Waals surface area contributed by atoms with Gasteiger partial charge in [0, 0.05) is 31.0 Å². The van der Waals surface area contributed by atoms with Gasteiger partial charge in [-0.25, -0.2) is 0 Å². The zero-order chi connectivity index (χ0) is 26.7. The molecule has 0 aromatic carbocycles. The maximum atomic E-state index is 13.3. The van der Waals surface area contributed by atoms with E-state index < -0.39 is 5.41 Å². The lowest BCUT2D eigenvalue weighted by atomic mass is 9.38. The minimum atomic E-state index is -0.406. The first-order valence-electron chi connectivity index (χ1n) is 14.4. The number of hydrogen-bond donors (Lipinski definition) is 1. The number of carbonyl (C=O) groups excluding carboxylic acids is 1. The monoisotopic (exact) mass is 500 g/mol. The van der Waals surface area contributed by atoms with Crippen molar-refractivity contribution in [3.63, 3.8) is 0 Å². The topological polar surface area (TPSA) is 55.8 Å². The van der Waals surface area contributed by atoms with Crippen LogP contribution in [0.5, 0.6) is 0 Å². The van der Waals surface area contributed by atoms with E-state index >= 15 is 0 Å². The molecule has 9 atom stereocenters.